The number of nitrogens with one attached hydrogen (secondary N) is 2. The predicted molar refractivity (Wildman–Crippen MR) is 84.2 cm³/mol. The second kappa shape index (κ2) is 8.12. The number of carbonyl (C=O) groups is 1. The molecule has 0 bridgehead atoms. The fourth-order valence-corrected chi connectivity index (χ4v) is 2.70. The Bertz CT molecular complexity index is 432. The summed E-state index contributed by atoms with van der Waals surface area (Å²) >= 11 is 0. The molecule has 0 saturated carbocycles. The zero-order valence-corrected chi connectivity index (χ0v) is 12.6. The van der Waals surface area contributed by atoms with Crippen LogP contribution in [0, 0.1) is 0 Å². The number of benzene rings is 1. The number of nitrogens with zero attached hydrogens (tertiary/aromatic N) is 1. The number of anilines is 1. The molecule has 0 radical (unpaired) electrons. The highest BCUT2D eigenvalue weighted by atomic mass is 16.3. The Morgan fingerprint density at radius 2 is 2.24 bits per heavy atom. The summed E-state index contributed by atoms with van der Waals surface area (Å²) in [5, 5.41) is 15.6. The number of aliphatic hydroxyl groups excluding tert-OH is 1. The van der Waals surface area contributed by atoms with Crippen LogP contribution < -0.4 is 10.6 Å². The quantitative estimate of drug-likeness (QED) is 0.703. The number of hydrogen-bond donors (Lipinski definition) is 3. The molecule has 1 heterocycles. The van der Waals surface area contributed by atoms with Crippen molar-refractivity contribution in [3.05, 3.63) is 30.3 Å². The molecule has 1 aromatic rings. The molecule has 1 amide bonds. The van der Waals surface area contributed by atoms with Gasteiger partial charge in [0.15, 0.2) is 0 Å². The van der Waals surface area contributed by atoms with Gasteiger partial charge in [0.25, 0.3) is 0 Å². The number of carbonyl (C=O) groups excluding carboxylic acids is 1. The van der Waals surface area contributed by atoms with Crippen molar-refractivity contribution in [2.45, 2.75) is 31.8 Å². The largest absolute Gasteiger partial charge is 0.395 e. The van der Waals surface area contributed by atoms with Gasteiger partial charge >= 0.3 is 0 Å². The second-order valence-electron chi connectivity index (χ2n) is 5.54. The van der Waals surface area contributed by atoms with Crippen LogP contribution in [0.1, 0.15) is 19.8 Å². The van der Waals surface area contributed by atoms with Crippen LogP contribution in [0.2, 0.25) is 0 Å². The van der Waals surface area contributed by atoms with Crippen LogP contribution in [-0.2, 0) is 4.79 Å². The van der Waals surface area contributed by atoms with Gasteiger partial charge in [0.2, 0.25) is 5.91 Å². The third-order valence-corrected chi connectivity index (χ3v) is 3.97. The van der Waals surface area contributed by atoms with E-state index in [1.165, 1.54) is 6.42 Å². The number of rotatable bonds is 7. The molecule has 1 aliphatic heterocycles. The third-order valence-electron chi connectivity index (χ3n) is 3.97. The van der Waals surface area contributed by atoms with E-state index in [0.29, 0.717) is 12.6 Å². The lowest BCUT2D eigenvalue weighted by atomic mass is 10.1. The van der Waals surface area contributed by atoms with Crippen LogP contribution >= 0.6 is 0 Å². The fourth-order valence-electron chi connectivity index (χ4n) is 2.70. The van der Waals surface area contributed by atoms with Gasteiger partial charge in [-0.15, -0.1) is 0 Å². The lowest BCUT2D eigenvalue weighted by Gasteiger charge is -2.30. The lowest BCUT2D eigenvalue weighted by Crippen LogP contribution is -2.48. The molecule has 5 nitrogen and oxygen atoms in total. The van der Waals surface area contributed by atoms with E-state index in [-0.39, 0.29) is 18.6 Å². The van der Waals surface area contributed by atoms with Crippen LogP contribution in [0.3, 0.4) is 0 Å². The van der Waals surface area contributed by atoms with Gasteiger partial charge in [0, 0.05) is 24.8 Å². The topological polar surface area (TPSA) is 64.6 Å². The average molecular weight is 291 g/mol. The number of amides is 1. The van der Waals surface area contributed by atoms with E-state index in [4.69, 9.17) is 0 Å². The van der Waals surface area contributed by atoms with Gasteiger partial charge in [-0.05, 0) is 38.4 Å². The van der Waals surface area contributed by atoms with E-state index >= 15 is 0 Å². The minimum Gasteiger partial charge on any atom is -0.395 e. The smallest absolute Gasteiger partial charge is 0.241 e. The minimum atomic E-state index is -0.264. The van der Waals surface area contributed by atoms with Crippen molar-refractivity contribution >= 4 is 11.6 Å². The molecule has 1 saturated heterocycles. The zero-order valence-electron chi connectivity index (χ0n) is 12.6. The maximum Gasteiger partial charge on any atom is 0.241 e. The van der Waals surface area contributed by atoms with Crippen molar-refractivity contribution in [2.24, 2.45) is 0 Å². The molecule has 2 rings (SSSR count). The summed E-state index contributed by atoms with van der Waals surface area (Å²) in [5.74, 6) is -0.0346. The highest BCUT2D eigenvalue weighted by molar-refractivity contribution is 5.94. The van der Waals surface area contributed by atoms with Gasteiger partial charge in [0.05, 0.1) is 12.6 Å². The third kappa shape index (κ3) is 4.81. The molecule has 0 aliphatic carbocycles. The van der Waals surface area contributed by atoms with Crippen LogP contribution in [0.5, 0.6) is 0 Å². The molecule has 0 aromatic heterocycles. The second-order valence-corrected chi connectivity index (χ2v) is 5.54. The highest BCUT2D eigenvalue weighted by Crippen LogP contribution is 2.11. The maximum absolute atomic E-state index is 12.3. The summed E-state index contributed by atoms with van der Waals surface area (Å²) in [6, 6.07) is 9.62. The molecular weight excluding hydrogens is 266 g/mol. The summed E-state index contributed by atoms with van der Waals surface area (Å²) in [6.07, 6.45) is 2.32. The first kappa shape index (κ1) is 15.9. The van der Waals surface area contributed by atoms with E-state index in [1.807, 2.05) is 42.2 Å². The monoisotopic (exact) mass is 291 g/mol. The summed E-state index contributed by atoms with van der Waals surface area (Å²) in [6.45, 7) is 4.31. The molecular formula is C16H25N3O2. The lowest BCUT2D eigenvalue weighted by molar-refractivity contribution is -0.121. The Hall–Kier alpha value is -1.43. The fraction of sp³-hybridized carbons (Fsp3) is 0.562. The van der Waals surface area contributed by atoms with E-state index in [9.17, 15) is 9.90 Å². The molecule has 3 N–H and O–H groups in total. The summed E-state index contributed by atoms with van der Waals surface area (Å²) < 4.78 is 0. The molecule has 1 aromatic carbocycles. The van der Waals surface area contributed by atoms with Crippen LogP contribution in [0.25, 0.3) is 0 Å². The molecule has 1 fully saturated rings. The molecule has 0 spiro atoms. The van der Waals surface area contributed by atoms with Crippen LogP contribution in [0.4, 0.5) is 5.69 Å². The molecule has 2 atom stereocenters. The van der Waals surface area contributed by atoms with Crippen molar-refractivity contribution in [2.75, 3.05) is 31.6 Å². The van der Waals surface area contributed by atoms with Crippen molar-refractivity contribution < 1.29 is 9.90 Å². The van der Waals surface area contributed by atoms with Crippen LogP contribution in [-0.4, -0.2) is 54.2 Å². The Morgan fingerprint density at radius 3 is 2.86 bits per heavy atom. The van der Waals surface area contributed by atoms with Crippen molar-refractivity contribution in [1.82, 2.24) is 10.2 Å². The van der Waals surface area contributed by atoms with Gasteiger partial charge in [-0.2, -0.15) is 0 Å². The number of para-hydroxylation sites is 1. The number of aliphatic hydroxyl groups is 1. The number of hydrogen-bond acceptors (Lipinski definition) is 4. The Balaban J connectivity index is 1.92. The van der Waals surface area contributed by atoms with E-state index in [0.717, 1.165) is 25.2 Å². The van der Waals surface area contributed by atoms with Crippen LogP contribution in [0.15, 0.2) is 30.3 Å². The molecule has 1 aliphatic rings. The normalized spacial score (nSPS) is 19.7. The zero-order chi connectivity index (χ0) is 15.1. The van der Waals surface area contributed by atoms with Crippen molar-refractivity contribution in [3.8, 4) is 0 Å². The maximum atomic E-state index is 12.3. The summed E-state index contributed by atoms with van der Waals surface area (Å²) in [7, 11) is 0. The molecule has 2 unspecified atom stereocenters. The minimum absolute atomic E-state index is 0.0346. The Kier molecular flexibility index (Phi) is 6.17. The van der Waals surface area contributed by atoms with Gasteiger partial charge in [-0.3, -0.25) is 9.69 Å². The standard InChI is InChI=1S/C16H25N3O2/c1-13(16(21)18-14-6-3-2-4-7-14)19(10-11-20)12-15-8-5-9-17-15/h2-4,6-7,13,15,17,20H,5,8-12H2,1H3,(H,18,21). The van der Waals surface area contributed by atoms with Crippen molar-refractivity contribution in [1.29, 1.82) is 0 Å². The average Bonchev–Trinajstić information content (AvgIpc) is 3.00. The van der Waals surface area contributed by atoms with Gasteiger partial charge < -0.3 is 15.7 Å². The Labute approximate surface area is 126 Å². The van der Waals surface area contributed by atoms with Gasteiger partial charge in [-0.25, -0.2) is 0 Å². The van der Waals surface area contributed by atoms with Gasteiger partial charge in [-0.1, -0.05) is 18.2 Å². The summed E-state index contributed by atoms with van der Waals surface area (Å²) in [4.78, 5) is 14.4. The SMILES string of the molecule is CC(C(=O)Nc1ccccc1)N(CCO)CC1CCCN1. The first-order valence-corrected chi connectivity index (χ1v) is 7.65. The van der Waals surface area contributed by atoms with Crippen molar-refractivity contribution in [3.63, 3.8) is 0 Å². The Morgan fingerprint density at radius 1 is 1.48 bits per heavy atom. The van der Waals surface area contributed by atoms with E-state index in [1.54, 1.807) is 0 Å². The van der Waals surface area contributed by atoms with Gasteiger partial charge in [0.1, 0.15) is 0 Å². The first-order valence-electron chi connectivity index (χ1n) is 7.65. The predicted octanol–water partition coefficient (Wildman–Crippen LogP) is 1.06. The van der Waals surface area contributed by atoms with E-state index in [2.05, 4.69) is 10.6 Å². The first-order chi connectivity index (χ1) is 10.2. The molecule has 5 heteroatoms. The highest BCUT2D eigenvalue weighted by Gasteiger charge is 2.25. The molecule has 116 valence electrons. The molecule has 21 heavy (non-hydrogen) atoms. The summed E-state index contributed by atoms with van der Waals surface area (Å²) in [5.41, 5.74) is 0.803. The van der Waals surface area contributed by atoms with E-state index < -0.39 is 0 Å².